The molecule has 0 bridgehead atoms. The standard InChI is InChI=1S/C18H19NO4/c1-23-16-9-7-13(8-10-16)11-14(18(21)22)12-17(20)19-15-5-3-2-4-6-15/h2-10,14H,11-12H2,1H3,(H,19,20)(H,21,22). The topological polar surface area (TPSA) is 75.6 Å². The van der Waals surface area contributed by atoms with Crippen LogP contribution in [0, 0.1) is 5.92 Å². The van der Waals surface area contributed by atoms with Crippen molar-refractivity contribution in [1.82, 2.24) is 0 Å². The number of para-hydroxylation sites is 1. The summed E-state index contributed by atoms with van der Waals surface area (Å²) in [6.45, 7) is 0. The van der Waals surface area contributed by atoms with Crippen LogP contribution in [0.2, 0.25) is 0 Å². The van der Waals surface area contributed by atoms with Crippen molar-refractivity contribution in [1.29, 1.82) is 0 Å². The van der Waals surface area contributed by atoms with Crippen LogP contribution in [0.3, 0.4) is 0 Å². The van der Waals surface area contributed by atoms with Gasteiger partial charge in [-0.15, -0.1) is 0 Å². The van der Waals surface area contributed by atoms with Gasteiger partial charge in [-0.2, -0.15) is 0 Å². The maximum atomic E-state index is 12.0. The first-order valence-electron chi connectivity index (χ1n) is 7.29. The minimum Gasteiger partial charge on any atom is -0.497 e. The van der Waals surface area contributed by atoms with Gasteiger partial charge in [0.05, 0.1) is 13.0 Å². The van der Waals surface area contributed by atoms with Gasteiger partial charge in [0.15, 0.2) is 0 Å². The van der Waals surface area contributed by atoms with Crippen molar-refractivity contribution in [3.05, 3.63) is 60.2 Å². The zero-order chi connectivity index (χ0) is 16.7. The van der Waals surface area contributed by atoms with Crippen molar-refractivity contribution in [2.45, 2.75) is 12.8 Å². The molecule has 0 aliphatic rings. The van der Waals surface area contributed by atoms with Gasteiger partial charge in [-0.3, -0.25) is 9.59 Å². The molecule has 2 rings (SSSR count). The Morgan fingerprint density at radius 1 is 1.09 bits per heavy atom. The third kappa shape index (κ3) is 5.14. The number of carbonyl (C=O) groups excluding carboxylic acids is 1. The Bertz CT molecular complexity index is 652. The molecule has 0 aromatic heterocycles. The number of carbonyl (C=O) groups is 2. The van der Waals surface area contributed by atoms with Crippen LogP contribution < -0.4 is 10.1 Å². The summed E-state index contributed by atoms with van der Waals surface area (Å²) in [6.07, 6.45) is 0.220. The molecule has 2 aromatic carbocycles. The molecule has 1 amide bonds. The highest BCUT2D eigenvalue weighted by Gasteiger charge is 2.21. The van der Waals surface area contributed by atoms with Gasteiger partial charge >= 0.3 is 5.97 Å². The van der Waals surface area contributed by atoms with Crippen LogP contribution in [0.1, 0.15) is 12.0 Å². The number of ether oxygens (including phenoxy) is 1. The fourth-order valence-electron chi connectivity index (χ4n) is 2.25. The Hall–Kier alpha value is -2.82. The summed E-state index contributed by atoms with van der Waals surface area (Å²) in [5.41, 5.74) is 1.51. The molecular formula is C18H19NO4. The van der Waals surface area contributed by atoms with Crippen LogP contribution in [0.4, 0.5) is 5.69 Å². The van der Waals surface area contributed by atoms with E-state index < -0.39 is 11.9 Å². The van der Waals surface area contributed by atoms with Gasteiger partial charge in [-0.1, -0.05) is 30.3 Å². The second-order valence-corrected chi connectivity index (χ2v) is 5.21. The average molecular weight is 313 g/mol. The summed E-state index contributed by atoms with van der Waals surface area (Å²) < 4.78 is 5.07. The number of aliphatic carboxylic acids is 1. The summed E-state index contributed by atoms with van der Waals surface area (Å²) >= 11 is 0. The lowest BCUT2D eigenvalue weighted by Crippen LogP contribution is -2.24. The largest absolute Gasteiger partial charge is 0.497 e. The normalized spacial score (nSPS) is 11.5. The van der Waals surface area contributed by atoms with Crippen LogP contribution >= 0.6 is 0 Å². The number of rotatable bonds is 7. The number of nitrogens with one attached hydrogen (secondary N) is 1. The number of carboxylic acid groups (broad SMARTS) is 1. The van der Waals surface area contributed by atoms with Crippen molar-refractivity contribution in [2.24, 2.45) is 5.92 Å². The van der Waals surface area contributed by atoms with Crippen molar-refractivity contribution in [3.8, 4) is 5.75 Å². The molecule has 0 saturated carbocycles. The zero-order valence-electron chi connectivity index (χ0n) is 12.9. The van der Waals surface area contributed by atoms with Gasteiger partial charge in [0.1, 0.15) is 5.75 Å². The first-order chi connectivity index (χ1) is 11.1. The Kier molecular flexibility index (Phi) is 5.74. The highest BCUT2D eigenvalue weighted by atomic mass is 16.5. The Labute approximate surface area is 134 Å². The second-order valence-electron chi connectivity index (χ2n) is 5.21. The molecule has 0 saturated heterocycles. The number of amides is 1. The summed E-state index contributed by atoms with van der Waals surface area (Å²) in [4.78, 5) is 23.4. The Morgan fingerprint density at radius 3 is 2.30 bits per heavy atom. The highest BCUT2D eigenvalue weighted by Crippen LogP contribution is 2.18. The number of benzene rings is 2. The molecular weight excluding hydrogens is 294 g/mol. The van der Waals surface area contributed by atoms with E-state index in [0.717, 1.165) is 5.56 Å². The van der Waals surface area contributed by atoms with Crippen molar-refractivity contribution >= 4 is 17.6 Å². The second kappa shape index (κ2) is 7.98. The predicted molar refractivity (Wildman–Crippen MR) is 87.5 cm³/mol. The van der Waals surface area contributed by atoms with E-state index in [-0.39, 0.29) is 12.3 Å². The number of anilines is 1. The molecule has 0 spiro atoms. The Morgan fingerprint density at radius 2 is 1.74 bits per heavy atom. The predicted octanol–water partition coefficient (Wildman–Crippen LogP) is 2.97. The molecule has 5 heteroatoms. The molecule has 0 aliphatic heterocycles. The maximum absolute atomic E-state index is 12.0. The molecule has 5 nitrogen and oxygen atoms in total. The van der Waals surface area contributed by atoms with Crippen LogP contribution in [-0.2, 0) is 16.0 Å². The summed E-state index contributed by atoms with van der Waals surface area (Å²) in [5, 5.41) is 12.1. The quantitative estimate of drug-likeness (QED) is 0.824. The average Bonchev–Trinajstić information content (AvgIpc) is 2.55. The lowest BCUT2D eigenvalue weighted by atomic mass is 9.96. The Balaban J connectivity index is 1.97. The van der Waals surface area contributed by atoms with Gasteiger partial charge in [-0.25, -0.2) is 0 Å². The monoisotopic (exact) mass is 313 g/mol. The number of methoxy groups -OCH3 is 1. The van der Waals surface area contributed by atoms with E-state index in [2.05, 4.69) is 5.32 Å². The van der Waals surface area contributed by atoms with Crippen LogP contribution in [0.5, 0.6) is 5.75 Å². The number of hydrogen-bond acceptors (Lipinski definition) is 3. The molecule has 1 unspecified atom stereocenters. The van der Waals surface area contributed by atoms with Crippen molar-refractivity contribution < 1.29 is 19.4 Å². The van der Waals surface area contributed by atoms with Gasteiger partial charge in [0.25, 0.3) is 0 Å². The molecule has 0 heterocycles. The maximum Gasteiger partial charge on any atom is 0.307 e. The third-order valence-corrected chi connectivity index (χ3v) is 3.48. The van der Waals surface area contributed by atoms with Crippen molar-refractivity contribution in [3.63, 3.8) is 0 Å². The third-order valence-electron chi connectivity index (χ3n) is 3.48. The number of hydrogen-bond donors (Lipinski definition) is 2. The van der Waals surface area contributed by atoms with E-state index >= 15 is 0 Å². The van der Waals surface area contributed by atoms with Crippen molar-refractivity contribution in [2.75, 3.05) is 12.4 Å². The fraction of sp³-hybridized carbons (Fsp3) is 0.222. The molecule has 2 N–H and O–H groups in total. The molecule has 1 atom stereocenters. The van der Waals surface area contributed by atoms with E-state index in [9.17, 15) is 14.7 Å². The summed E-state index contributed by atoms with van der Waals surface area (Å²) in [7, 11) is 1.57. The molecule has 0 aliphatic carbocycles. The summed E-state index contributed by atoms with van der Waals surface area (Å²) in [5.74, 6) is -1.35. The zero-order valence-corrected chi connectivity index (χ0v) is 12.9. The van der Waals surface area contributed by atoms with Gasteiger partial charge in [-0.05, 0) is 36.2 Å². The van der Waals surface area contributed by atoms with Crippen LogP contribution in [0.15, 0.2) is 54.6 Å². The minimum atomic E-state index is -0.982. The SMILES string of the molecule is COc1ccc(CC(CC(=O)Nc2ccccc2)C(=O)O)cc1. The van der Waals surface area contributed by atoms with E-state index in [0.29, 0.717) is 17.9 Å². The van der Waals surface area contributed by atoms with E-state index in [4.69, 9.17) is 4.74 Å². The molecule has 0 fully saturated rings. The van der Waals surface area contributed by atoms with Gasteiger partial charge in [0, 0.05) is 12.1 Å². The molecule has 23 heavy (non-hydrogen) atoms. The van der Waals surface area contributed by atoms with Gasteiger partial charge in [0.2, 0.25) is 5.91 Å². The number of carboxylic acids is 1. The van der Waals surface area contributed by atoms with E-state index in [1.807, 2.05) is 30.3 Å². The minimum absolute atomic E-state index is 0.0732. The first-order valence-corrected chi connectivity index (χ1v) is 7.29. The molecule has 2 aromatic rings. The van der Waals surface area contributed by atoms with Crippen LogP contribution in [0.25, 0.3) is 0 Å². The lowest BCUT2D eigenvalue weighted by Gasteiger charge is -2.13. The first kappa shape index (κ1) is 16.5. The summed E-state index contributed by atoms with van der Waals surface area (Å²) in [6, 6.07) is 16.2. The smallest absolute Gasteiger partial charge is 0.307 e. The lowest BCUT2D eigenvalue weighted by molar-refractivity contribution is -0.143. The van der Waals surface area contributed by atoms with E-state index in [1.165, 1.54) is 0 Å². The molecule has 120 valence electrons. The highest BCUT2D eigenvalue weighted by molar-refractivity contribution is 5.93. The van der Waals surface area contributed by atoms with Crippen LogP contribution in [-0.4, -0.2) is 24.1 Å². The van der Waals surface area contributed by atoms with Gasteiger partial charge < -0.3 is 15.2 Å². The fourth-order valence-corrected chi connectivity index (χ4v) is 2.25. The molecule has 0 radical (unpaired) electrons. The van der Waals surface area contributed by atoms with E-state index in [1.54, 1.807) is 31.4 Å².